The van der Waals surface area contributed by atoms with Gasteiger partial charge in [-0.05, 0) is 31.9 Å². The van der Waals surface area contributed by atoms with Crippen molar-refractivity contribution in [2.75, 3.05) is 13.7 Å². The van der Waals surface area contributed by atoms with Crippen LogP contribution in [0.3, 0.4) is 0 Å². The van der Waals surface area contributed by atoms with Crippen molar-refractivity contribution < 1.29 is 9.90 Å². The number of amides is 1. The van der Waals surface area contributed by atoms with Crippen LogP contribution in [0.2, 0.25) is 0 Å². The third-order valence-corrected chi connectivity index (χ3v) is 3.12. The number of aliphatic hydroxyl groups is 1. The Labute approximate surface area is 107 Å². The number of aliphatic hydroxyl groups excluding tert-OH is 1. The maximum absolute atomic E-state index is 12.4. The van der Waals surface area contributed by atoms with Crippen LogP contribution in [0.5, 0.6) is 0 Å². The minimum atomic E-state index is -0.194. The molecule has 0 unspecified atom stereocenters. The van der Waals surface area contributed by atoms with Crippen LogP contribution in [0.15, 0.2) is 18.2 Å². The molecule has 0 aromatic heterocycles. The summed E-state index contributed by atoms with van der Waals surface area (Å²) in [7, 11) is 1.84. The lowest BCUT2D eigenvalue weighted by atomic mass is 10.0. The second kappa shape index (κ2) is 5.24. The van der Waals surface area contributed by atoms with Gasteiger partial charge in [-0.3, -0.25) is 4.79 Å². The lowest BCUT2D eigenvalue weighted by Gasteiger charge is -2.17. The summed E-state index contributed by atoms with van der Waals surface area (Å²) in [4.78, 5) is 14.1. The summed E-state index contributed by atoms with van der Waals surface area (Å²) in [5.41, 5.74) is 2.36. The molecule has 0 spiro atoms. The van der Waals surface area contributed by atoms with Crippen molar-refractivity contribution in [3.8, 4) is 11.8 Å². The van der Waals surface area contributed by atoms with Gasteiger partial charge in [-0.2, -0.15) is 0 Å². The van der Waals surface area contributed by atoms with Gasteiger partial charge in [-0.25, -0.2) is 0 Å². The maximum atomic E-state index is 12.4. The number of rotatable bonds is 2. The SMILES string of the molecule is Cc1ccc(C#CCO)c(C(=O)N(C)C2CC2)c1. The molecule has 1 aromatic carbocycles. The number of aryl methyl sites for hydroxylation is 1. The number of hydrogen-bond acceptors (Lipinski definition) is 2. The van der Waals surface area contributed by atoms with E-state index in [9.17, 15) is 4.79 Å². The van der Waals surface area contributed by atoms with Gasteiger partial charge in [0.05, 0.1) is 5.56 Å². The van der Waals surface area contributed by atoms with E-state index in [-0.39, 0.29) is 12.5 Å². The van der Waals surface area contributed by atoms with Crippen LogP contribution in [0.4, 0.5) is 0 Å². The van der Waals surface area contributed by atoms with E-state index in [2.05, 4.69) is 11.8 Å². The van der Waals surface area contributed by atoms with Gasteiger partial charge in [0.15, 0.2) is 0 Å². The van der Waals surface area contributed by atoms with Gasteiger partial charge >= 0.3 is 0 Å². The Morgan fingerprint density at radius 1 is 1.50 bits per heavy atom. The highest BCUT2D eigenvalue weighted by Crippen LogP contribution is 2.27. The topological polar surface area (TPSA) is 40.5 Å². The van der Waals surface area contributed by atoms with Gasteiger partial charge in [-0.15, -0.1) is 0 Å². The van der Waals surface area contributed by atoms with E-state index < -0.39 is 0 Å². The standard InChI is InChI=1S/C15H17NO2/c1-11-5-6-12(4-3-9-17)14(10-11)15(18)16(2)13-7-8-13/h5-6,10,13,17H,7-9H2,1-2H3. The molecular formula is C15H17NO2. The van der Waals surface area contributed by atoms with Gasteiger partial charge in [0.2, 0.25) is 0 Å². The highest BCUT2D eigenvalue weighted by molar-refractivity contribution is 5.97. The first-order valence-electron chi connectivity index (χ1n) is 6.11. The van der Waals surface area contributed by atoms with E-state index in [1.165, 1.54) is 0 Å². The fourth-order valence-corrected chi connectivity index (χ4v) is 1.90. The predicted molar refractivity (Wildman–Crippen MR) is 70.3 cm³/mol. The predicted octanol–water partition coefficient (Wildman–Crippen LogP) is 1.57. The van der Waals surface area contributed by atoms with E-state index in [1.54, 1.807) is 4.90 Å². The van der Waals surface area contributed by atoms with Crippen LogP contribution in [-0.2, 0) is 0 Å². The highest BCUT2D eigenvalue weighted by atomic mass is 16.2. The van der Waals surface area contributed by atoms with Crippen LogP contribution in [0.1, 0.15) is 34.3 Å². The van der Waals surface area contributed by atoms with Crippen LogP contribution in [0, 0.1) is 18.8 Å². The number of nitrogens with zero attached hydrogens (tertiary/aromatic N) is 1. The lowest BCUT2D eigenvalue weighted by molar-refractivity contribution is 0.0784. The summed E-state index contributed by atoms with van der Waals surface area (Å²) in [6.45, 7) is 1.76. The van der Waals surface area contributed by atoms with Gasteiger partial charge in [0.25, 0.3) is 5.91 Å². The minimum Gasteiger partial charge on any atom is -0.384 e. The second-order valence-electron chi connectivity index (χ2n) is 4.66. The van der Waals surface area contributed by atoms with E-state index >= 15 is 0 Å². The molecule has 1 fully saturated rings. The monoisotopic (exact) mass is 243 g/mol. The van der Waals surface area contributed by atoms with Crippen molar-refractivity contribution >= 4 is 5.91 Å². The molecule has 0 aliphatic heterocycles. The average Bonchev–Trinajstić information content (AvgIpc) is 3.19. The van der Waals surface area contributed by atoms with E-state index in [1.807, 2.05) is 32.2 Å². The number of carbonyl (C=O) groups excluding carboxylic acids is 1. The molecule has 18 heavy (non-hydrogen) atoms. The van der Waals surface area contributed by atoms with Crippen molar-refractivity contribution in [2.24, 2.45) is 0 Å². The molecule has 0 bridgehead atoms. The average molecular weight is 243 g/mol. The molecule has 3 nitrogen and oxygen atoms in total. The molecule has 1 aliphatic rings. The van der Waals surface area contributed by atoms with Crippen molar-refractivity contribution in [2.45, 2.75) is 25.8 Å². The summed E-state index contributed by atoms with van der Waals surface area (Å²) >= 11 is 0. The van der Waals surface area contributed by atoms with Crippen LogP contribution in [0.25, 0.3) is 0 Å². The second-order valence-corrected chi connectivity index (χ2v) is 4.66. The first-order valence-corrected chi connectivity index (χ1v) is 6.11. The zero-order chi connectivity index (χ0) is 13.1. The van der Waals surface area contributed by atoms with E-state index in [0.29, 0.717) is 17.2 Å². The van der Waals surface area contributed by atoms with Gasteiger partial charge in [-0.1, -0.05) is 23.5 Å². The van der Waals surface area contributed by atoms with Gasteiger partial charge < -0.3 is 10.0 Å². The molecule has 0 atom stereocenters. The Balaban J connectivity index is 2.34. The van der Waals surface area contributed by atoms with Crippen LogP contribution < -0.4 is 0 Å². The highest BCUT2D eigenvalue weighted by Gasteiger charge is 2.30. The zero-order valence-electron chi connectivity index (χ0n) is 10.7. The number of hydrogen-bond donors (Lipinski definition) is 1. The Kier molecular flexibility index (Phi) is 3.69. The van der Waals surface area contributed by atoms with E-state index in [4.69, 9.17) is 5.11 Å². The van der Waals surface area contributed by atoms with Crippen molar-refractivity contribution in [3.63, 3.8) is 0 Å². The molecule has 1 saturated carbocycles. The molecule has 0 heterocycles. The summed E-state index contributed by atoms with van der Waals surface area (Å²) in [5.74, 6) is 5.45. The molecule has 1 aromatic rings. The molecular weight excluding hydrogens is 226 g/mol. The Hall–Kier alpha value is -1.79. The van der Waals surface area contributed by atoms with Crippen molar-refractivity contribution in [1.29, 1.82) is 0 Å². The molecule has 1 N–H and O–H groups in total. The van der Waals surface area contributed by atoms with Crippen LogP contribution in [-0.4, -0.2) is 35.6 Å². The smallest absolute Gasteiger partial charge is 0.255 e. The van der Waals surface area contributed by atoms with Crippen molar-refractivity contribution in [3.05, 3.63) is 34.9 Å². The summed E-state index contributed by atoms with van der Waals surface area (Å²) in [6.07, 6.45) is 2.18. The normalized spacial score (nSPS) is 13.7. The molecule has 94 valence electrons. The Morgan fingerprint density at radius 2 is 2.22 bits per heavy atom. The maximum Gasteiger partial charge on any atom is 0.255 e. The summed E-state index contributed by atoms with van der Waals surface area (Å²) < 4.78 is 0. The van der Waals surface area contributed by atoms with Crippen molar-refractivity contribution in [1.82, 2.24) is 4.90 Å². The molecule has 2 rings (SSSR count). The zero-order valence-corrected chi connectivity index (χ0v) is 10.7. The fourth-order valence-electron chi connectivity index (χ4n) is 1.90. The number of carbonyl (C=O) groups is 1. The fraction of sp³-hybridized carbons (Fsp3) is 0.400. The first-order chi connectivity index (χ1) is 8.63. The van der Waals surface area contributed by atoms with E-state index in [0.717, 1.165) is 18.4 Å². The van der Waals surface area contributed by atoms with Gasteiger partial charge in [0, 0.05) is 18.7 Å². The molecule has 1 amide bonds. The molecule has 1 aliphatic carbocycles. The Morgan fingerprint density at radius 3 is 2.83 bits per heavy atom. The van der Waals surface area contributed by atoms with Crippen LogP contribution >= 0.6 is 0 Å². The third-order valence-electron chi connectivity index (χ3n) is 3.12. The molecule has 0 saturated heterocycles. The Bertz CT molecular complexity index is 521. The van der Waals surface area contributed by atoms with Gasteiger partial charge in [0.1, 0.15) is 6.61 Å². The third kappa shape index (κ3) is 2.72. The largest absolute Gasteiger partial charge is 0.384 e. The lowest BCUT2D eigenvalue weighted by Crippen LogP contribution is -2.29. The molecule has 0 radical (unpaired) electrons. The summed E-state index contributed by atoms with van der Waals surface area (Å²) in [6, 6.07) is 6.01. The molecule has 3 heteroatoms. The first kappa shape index (κ1) is 12.7. The number of benzene rings is 1. The minimum absolute atomic E-state index is 0.0171. The summed E-state index contributed by atoms with van der Waals surface area (Å²) in [5, 5.41) is 8.75. The quantitative estimate of drug-likeness (QED) is 0.801.